The molecule has 2 amide bonds. The fourth-order valence-corrected chi connectivity index (χ4v) is 2.15. The van der Waals surface area contributed by atoms with Crippen molar-refractivity contribution in [2.75, 3.05) is 13.2 Å². The number of ether oxygens (including phenoxy) is 2. The fraction of sp³-hybridized carbons (Fsp3) is 0.533. The Labute approximate surface area is 123 Å². The number of carbonyl (C=O) groups excluding carboxylic acids is 1. The van der Waals surface area contributed by atoms with Crippen molar-refractivity contribution in [3.63, 3.8) is 0 Å². The second-order valence-electron chi connectivity index (χ2n) is 5.25. The third kappa shape index (κ3) is 4.90. The summed E-state index contributed by atoms with van der Waals surface area (Å²) in [6, 6.07) is 5.44. The third-order valence-electron chi connectivity index (χ3n) is 3.38. The van der Waals surface area contributed by atoms with Gasteiger partial charge in [-0.1, -0.05) is 0 Å². The Balaban J connectivity index is 1.69. The van der Waals surface area contributed by atoms with Gasteiger partial charge in [-0.2, -0.15) is 0 Å². The molecule has 1 aliphatic rings. The number of amides is 2. The van der Waals surface area contributed by atoms with Crippen LogP contribution >= 0.6 is 0 Å². The molecule has 1 aromatic rings. The maximum atomic E-state index is 12.8. The standard InChI is InChI=1S/C15H21FN2O3/c1-10(9-21-13-5-3-12(16)4-6-13)17-15(19)18-14-7-8-20-11(14)2/h3-6,10-11,14H,7-9H2,1-2H3,(H2,17,18,19)/t10-,11-,14+/m1/s1. The van der Waals surface area contributed by atoms with Gasteiger partial charge in [0.1, 0.15) is 18.2 Å². The zero-order valence-electron chi connectivity index (χ0n) is 12.3. The van der Waals surface area contributed by atoms with E-state index in [4.69, 9.17) is 9.47 Å². The molecule has 1 saturated heterocycles. The molecule has 3 atom stereocenters. The molecule has 1 heterocycles. The number of benzene rings is 1. The van der Waals surface area contributed by atoms with Crippen molar-refractivity contribution in [1.82, 2.24) is 10.6 Å². The van der Waals surface area contributed by atoms with Crippen LogP contribution in [0.25, 0.3) is 0 Å². The fourth-order valence-electron chi connectivity index (χ4n) is 2.15. The van der Waals surface area contributed by atoms with Crippen LogP contribution in [0.4, 0.5) is 9.18 Å². The quantitative estimate of drug-likeness (QED) is 0.874. The Kier molecular flexibility index (Phi) is 5.38. The first-order valence-electron chi connectivity index (χ1n) is 7.11. The molecule has 0 aromatic heterocycles. The molecule has 0 bridgehead atoms. The number of carbonyl (C=O) groups is 1. The van der Waals surface area contributed by atoms with E-state index in [1.165, 1.54) is 12.1 Å². The Hall–Kier alpha value is -1.82. The summed E-state index contributed by atoms with van der Waals surface area (Å²) in [7, 11) is 0. The smallest absolute Gasteiger partial charge is 0.315 e. The number of nitrogens with one attached hydrogen (secondary N) is 2. The second kappa shape index (κ2) is 7.26. The molecule has 6 heteroatoms. The molecule has 0 radical (unpaired) electrons. The molecule has 0 aliphatic carbocycles. The molecule has 0 unspecified atom stereocenters. The predicted octanol–water partition coefficient (Wildman–Crippen LogP) is 2.07. The van der Waals surface area contributed by atoms with Gasteiger partial charge in [0.05, 0.1) is 18.2 Å². The van der Waals surface area contributed by atoms with Gasteiger partial charge in [0.2, 0.25) is 0 Å². The highest BCUT2D eigenvalue weighted by Gasteiger charge is 2.25. The van der Waals surface area contributed by atoms with Crippen LogP contribution in [-0.4, -0.2) is 37.4 Å². The molecule has 1 aliphatic heterocycles. The van der Waals surface area contributed by atoms with E-state index in [1.807, 2.05) is 13.8 Å². The average molecular weight is 296 g/mol. The topological polar surface area (TPSA) is 59.6 Å². The molecule has 0 saturated carbocycles. The highest BCUT2D eigenvalue weighted by atomic mass is 19.1. The summed E-state index contributed by atoms with van der Waals surface area (Å²) < 4.78 is 23.6. The maximum absolute atomic E-state index is 12.8. The van der Waals surface area contributed by atoms with Crippen molar-refractivity contribution >= 4 is 6.03 Å². The van der Waals surface area contributed by atoms with Crippen LogP contribution in [0.1, 0.15) is 20.3 Å². The molecule has 21 heavy (non-hydrogen) atoms. The summed E-state index contributed by atoms with van der Waals surface area (Å²) in [4.78, 5) is 11.8. The summed E-state index contributed by atoms with van der Waals surface area (Å²) in [5.41, 5.74) is 0. The average Bonchev–Trinajstić information content (AvgIpc) is 2.83. The third-order valence-corrected chi connectivity index (χ3v) is 3.38. The lowest BCUT2D eigenvalue weighted by Gasteiger charge is -2.19. The minimum atomic E-state index is -0.305. The van der Waals surface area contributed by atoms with Crippen LogP contribution in [0.2, 0.25) is 0 Å². The summed E-state index contributed by atoms with van der Waals surface area (Å²) >= 11 is 0. The zero-order chi connectivity index (χ0) is 15.2. The molecule has 1 fully saturated rings. The number of rotatable bonds is 5. The van der Waals surface area contributed by atoms with E-state index in [2.05, 4.69) is 10.6 Å². The summed E-state index contributed by atoms with van der Waals surface area (Å²) in [5.74, 6) is 0.268. The SMILES string of the molecule is C[C@H](COc1ccc(F)cc1)NC(=O)N[C@H]1CCO[C@@H]1C. The summed E-state index contributed by atoms with van der Waals surface area (Å²) in [5, 5.41) is 5.69. The van der Waals surface area contributed by atoms with E-state index >= 15 is 0 Å². The first-order chi connectivity index (χ1) is 10.0. The molecule has 2 N–H and O–H groups in total. The van der Waals surface area contributed by atoms with Crippen molar-refractivity contribution in [2.24, 2.45) is 0 Å². The van der Waals surface area contributed by atoms with Crippen LogP contribution in [0, 0.1) is 5.82 Å². The molecule has 1 aromatic carbocycles. The van der Waals surface area contributed by atoms with E-state index in [9.17, 15) is 9.18 Å². The summed E-state index contributed by atoms with van der Waals surface area (Å²) in [6.07, 6.45) is 0.871. The van der Waals surface area contributed by atoms with Gasteiger partial charge in [-0.05, 0) is 44.5 Å². The number of halogens is 1. The lowest BCUT2D eigenvalue weighted by atomic mass is 10.2. The molecule has 2 rings (SSSR count). The first-order valence-corrected chi connectivity index (χ1v) is 7.11. The number of hydrogen-bond acceptors (Lipinski definition) is 3. The Morgan fingerprint density at radius 3 is 2.81 bits per heavy atom. The second-order valence-corrected chi connectivity index (χ2v) is 5.25. The molecule has 116 valence electrons. The van der Waals surface area contributed by atoms with Gasteiger partial charge in [-0.25, -0.2) is 9.18 Å². The number of urea groups is 1. The minimum absolute atomic E-state index is 0.0431. The minimum Gasteiger partial charge on any atom is -0.491 e. The molecular formula is C15H21FN2O3. The highest BCUT2D eigenvalue weighted by molar-refractivity contribution is 5.74. The zero-order valence-corrected chi connectivity index (χ0v) is 12.3. The lowest BCUT2D eigenvalue weighted by molar-refractivity contribution is 0.114. The predicted molar refractivity (Wildman–Crippen MR) is 76.8 cm³/mol. The van der Waals surface area contributed by atoms with Gasteiger partial charge in [-0.3, -0.25) is 0 Å². The van der Waals surface area contributed by atoms with Crippen LogP contribution in [0.5, 0.6) is 5.75 Å². The van der Waals surface area contributed by atoms with Crippen LogP contribution in [0.3, 0.4) is 0 Å². The van der Waals surface area contributed by atoms with Crippen LogP contribution < -0.4 is 15.4 Å². The van der Waals surface area contributed by atoms with Gasteiger partial charge in [0.15, 0.2) is 0 Å². The van der Waals surface area contributed by atoms with E-state index in [0.29, 0.717) is 19.0 Å². The van der Waals surface area contributed by atoms with Crippen molar-refractivity contribution in [2.45, 2.75) is 38.5 Å². The van der Waals surface area contributed by atoms with E-state index in [1.54, 1.807) is 12.1 Å². The number of hydrogen-bond donors (Lipinski definition) is 2. The van der Waals surface area contributed by atoms with Crippen molar-refractivity contribution in [3.05, 3.63) is 30.1 Å². The summed E-state index contributed by atoms with van der Waals surface area (Å²) in [6.45, 7) is 4.78. The Morgan fingerprint density at radius 1 is 1.48 bits per heavy atom. The van der Waals surface area contributed by atoms with Crippen molar-refractivity contribution in [1.29, 1.82) is 0 Å². The van der Waals surface area contributed by atoms with E-state index in [-0.39, 0.29) is 30.0 Å². The molecule has 5 nitrogen and oxygen atoms in total. The van der Waals surface area contributed by atoms with Crippen LogP contribution in [0.15, 0.2) is 24.3 Å². The van der Waals surface area contributed by atoms with E-state index in [0.717, 1.165) is 6.42 Å². The highest BCUT2D eigenvalue weighted by Crippen LogP contribution is 2.13. The molecular weight excluding hydrogens is 275 g/mol. The van der Waals surface area contributed by atoms with Gasteiger partial charge in [0, 0.05) is 6.61 Å². The first kappa shape index (κ1) is 15.6. The normalized spacial score (nSPS) is 22.6. The van der Waals surface area contributed by atoms with E-state index < -0.39 is 0 Å². The Bertz CT molecular complexity index is 466. The van der Waals surface area contributed by atoms with Crippen LogP contribution in [-0.2, 0) is 4.74 Å². The lowest BCUT2D eigenvalue weighted by Crippen LogP contribution is -2.48. The molecule has 0 spiro atoms. The largest absolute Gasteiger partial charge is 0.491 e. The van der Waals surface area contributed by atoms with Crippen molar-refractivity contribution < 1.29 is 18.7 Å². The maximum Gasteiger partial charge on any atom is 0.315 e. The van der Waals surface area contributed by atoms with Gasteiger partial charge in [-0.15, -0.1) is 0 Å². The monoisotopic (exact) mass is 296 g/mol. The van der Waals surface area contributed by atoms with Gasteiger partial charge in [0.25, 0.3) is 0 Å². The van der Waals surface area contributed by atoms with Crippen molar-refractivity contribution in [3.8, 4) is 5.75 Å². The van der Waals surface area contributed by atoms with Gasteiger partial charge >= 0.3 is 6.03 Å². The Morgan fingerprint density at radius 2 is 2.19 bits per heavy atom. The van der Waals surface area contributed by atoms with Gasteiger partial charge < -0.3 is 20.1 Å².